The van der Waals surface area contributed by atoms with Crippen molar-refractivity contribution in [3.8, 4) is 0 Å². The Bertz CT molecular complexity index is 590. The van der Waals surface area contributed by atoms with Crippen molar-refractivity contribution >= 4 is 11.7 Å². The van der Waals surface area contributed by atoms with Crippen molar-refractivity contribution < 1.29 is 4.79 Å². The summed E-state index contributed by atoms with van der Waals surface area (Å²) in [5, 5.41) is 3.00. The van der Waals surface area contributed by atoms with Crippen LogP contribution in [0, 0.1) is 23.7 Å². The molecule has 2 saturated carbocycles. The third-order valence-electron chi connectivity index (χ3n) is 5.46. The highest BCUT2D eigenvalue weighted by atomic mass is 16.2. The number of fused-ring (bicyclic) bond motifs is 2. The lowest BCUT2D eigenvalue weighted by molar-refractivity contribution is -0.123. The molecule has 0 aromatic carbocycles. The quantitative estimate of drug-likeness (QED) is 0.832. The number of nitrogens with zero attached hydrogens (tertiary/aromatic N) is 1. The zero-order chi connectivity index (χ0) is 14.5. The van der Waals surface area contributed by atoms with Crippen molar-refractivity contribution in [2.75, 3.05) is 5.32 Å². The van der Waals surface area contributed by atoms with Gasteiger partial charge in [-0.1, -0.05) is 32.1 Å². The molecule has 20 heavy (non-hydrogen) atoms. The topological polar surface area (TPSA) is 42.0 Å². The van der Waals surface area contributed by atoms with Crippen LogP contribution < -0.4 is 5.32 Å². The van der Waals surface area contributed by atoms with Gasteiger partial charge >= 0.3 is 0 Å². The predicted molar refractivity (Wildman–Crippen MR) is 80.3 cm³/mol. The number of aryl methyl sites for hydroxylation is 1. The van der Waals surface area contributed by atoms with Crippen LogP contribution in [0.4, 0.5) is 5.82 Å². The molecule has 3 heteroatoms. The molecule has 2 atom stereocenters. The van der Waals surface area contributed by atoms with E-state index < -0.39 is 0 Å². The average molecular weight is 270 g/mol. The maximum Gasteiger partial charge on any atom is 0.235 e. The van der Waals surface area contributed by atoms with Gasteiger partial charge in [0.2, 0.25) is 5.91 Å². The second kappa shape index (κ2) is 4.18. The Morgan fingerprint density at radius 2 is 2.20 bits per heavy atom. The van der Waals surface area contributed by atoms with Crippen LogP contribution in [0.3, 0.4) is 0 Å². The van der Waals surface area contributed by atoms with Gasteiger partial charge in [0.25, 0.3) is 0 Å². The number of nitrogens with one attached hydrogen (secondary N) is 1. The number of carbonyl (C=O) groups is 1. The Balaban J connectivity index is 1.86. The highest BCUT2D eigenvalue weighted by molar-refractivity contribution is 5.97. The Hall–Kier alpha value is -1.64. The Kier molecular flexibility index (Phi) is 2.79. The molecule has 2 unspecified atom stereocenters. The third-order valence-corrected chi connectivity index (χ3v) is 5.46. The average Bonchev–Trinajstić information content (AvgIpc) is 2.90. The maximum absolute atomic E-state index is 12.8. The largest absolute Gasteiger partial charge is 0.310 e. The van der Waals surface area contributed by atoms with Gasteiger partial charge in [0.15, 0.2) is 0 Å². The van der Waals surface area contributed by atoms with Crippen molar-refractivity contribution in [3.63, 3.8) is 0 Å². The first-order valence-corrected chi connectivity index (χ1v) is 7.31. The van der Waals surface area contributed by atoms with E-state index in [4.69, 9.17) is 0 Å². The summed E-state index contributed by atoms with van der Waals surface area (Å²) in [6.07, 6.45) is 2.99. The summed E-state index contributed by atoms with van der Waals surface area (Å²) >= 11 is 0. The molecular formula is C17H22N2O. The van der Waals surface area contributed by atoms with Gasteiger partial charge in [-0.25, -0.2) is 4.98 Å². The number of anilines is 1. The highest BCUT2D eigenvalue weighted by Gasteiger charge is 2.60. The van der Waals surface area contributed by atoms with Crippen LogP contribution in [0.5, 0.6) is 0 Å². The van der Waals surface area contributed by atoms with Gasteiger partial charge in [0.1, 0.15) is 5.82 Å². The summed E-state index contributed by atoms with van der Waals surface area (Å²) in [5.41, 5.74) is 1.72. The fourth-order valence-electron chi connectivity index (χ4n) is 3.99. The van der Waals surface area contributed by atoms with Crippen LogP contribution in [-0.4, -0.2) is 10.9 Å². The lowest BCUT2D eigenvalue weighted by Gasteiger charge is -2.37. The molecule has 1 amide bonds. The molecule has 0 radical (unpaired) electrons. The van der Waals surface area contributed by atoms with Crippen molar-refractivity contribution in [2.24, 2.45) is 16.7 Å². The molecule has 2 bridgehead atoms. The molecule has 2 fully saturated rings. The van der Waals surface area contributed by atoms with Gasteiger partial charge in [-0.3, -0.25) is 4.79 Å². The summed E-state index contributed by atoms with van der Waals surface area (Å²) in [4.78, 5) is 17.2. The monoisotopic (exact) mass is 270 g/mol. The second-order valence-electron chi connectivity index (χ2n) is 6.84. The molecule has 0 spiro atoms. The molecular weight excluding hydrogens is 248 g/mol. The minimum Gasteiger partial charge on any atom is -0.310 e. The summed E-state index contributed by atoms with van der Waals surface area (Å²) in [6, 6.07) is 5.69. The first-order chi connectivity index (χ1) is 9.36. The van der Waals surface area contributed by atoms with Crippen LogP contribution in [-0.2, 0) is 4.79 Å². The van der Waals surface area contributed by atoms with E-state index in [1.807, 2.05) is 25.1 Å². The Morgan fingerprint density at radius 1 is 1.45 bits per heavy atom. The van der Waals surface area contributed by atoms with Crippen LogP contribution in [0.2, 0.25) is 0 Å². The molecule has 0 aliphatic heterocycles. The number of hydrogen-bond donors (Lipinski definition) is 1. The Morgan fingerprint density at radius 3 is 2.80 bits per heavy atom. The second-order valence-corrected chi connectivity index (χ2v) is 6.84. The normalized spacial score (nSPS) is 30.6. The van der Waals surface area contributed by atoms with Gasteiger partial charge in [-0.2, -0.15) is 0 Å². The highest BCUT2D eigenvalue weighted by Crippen LogP contribution is 2.65. The van der Waals surface area contributed by atoms with Gasteiger partial charge in [0.05, 0.1) is 5.41 Å². The van der Waals surface area contributed by atoms with E-state index in [2.05, 4.69) is 30.7 Å². The molecule has 3 rings (SSSR count). The maximum atomic E-state index is 12.8. The summed E-state index contributed by atoms with van der Waals surface area (Å²) in [6.45, 7) is 10.6. The third kappa shape index (κ3) is 1.72. The standard InChI is InChI=1S/C17H22N2O/c1-11-6-5-7-14(18-11)19-15(20)17-9-8-13(10-17)16(3,4)12(17)2/h5-7,13H,2,8-10H2,1,3-4H3,(H,18,19,20). The van der Waals surface area contributed by atoms with Crippen LogP contribution in [0.1, 0.15) is 38.8 Å². The molecule has 2 aliphatic rings. The first kappa shape index (κ1) is 13.3. The van der Waals surface area contributed by atoms with Crippen molar-refractivity contribution in [1.29, 1.82) is 0 Å². The fourth-order valence-corrected chi connectivity index (χ4v) is 3.99. The van der Waals surface area contributed by atoms with Crippen LogP contribution in [0.15, 0.2) is 30.4 Å². The number of aromatic nitrogens is 1. The van der Waals surface area contributed by atoms with Crippen LogP contribution in [0.25, 0.3) is 0 Å². The number of pyridine rings is 1. The molecule has 1 aromatic heterocycles. The zero-order valence-corrected chi connectivity index (χ0v) is 12.5. The van der Waals surface area contributed by atoms with Crippen molar-refractivity contribution in [3.05, 3.63) is 36.0 Å². The zero-order valence-electron chi connectivity index (χ0n) is 12.5. The molecule has 3 nitrogen and oxygen atoms in total. The number of hydrogen-bond acceptors (Lipinski definition) is 2. The van der Waals surface area contributed by atoms with Crippen molar-refractivity contribution in [1.82, 2.24) is 4.98 Å². The smallest absolute Gasteiger partial charge is 0.235 e. The SMILES string of the molecule is C=C1C2(C(=O)Nc3cccc(C)n3)CCC(C2)C1(C)C. The minimum atomic E-state index is -0.375. The minimum absolute atomic E-state index is 0.0775. The lowest BCUT2D eigenvalue weighted by atomic mass is 9.68. The first-order valence-electron chi connectivity index (χ1n) is 7.31. The molecule has 0 saturated heterocycles. The molecule has 2 aliphatic carbocycles. The van der Waals surface area contributed by atoms with Gasteiger partial charge in [0, 0.05) is 5.69 Å². The van der Waals surface area contributed by atoms with Crippen molar-refractivity contribution in [2.45, 2.75) is 40.0 Å². The van der Waals surface area contributed by atoms with E-state index >= 15 is 0 Å². The van der Waals surface area contributed by atoms with E-state index in [0.29, 0.717) is 11.7 Å². The molecule has 1 aromatic rings. The van der Waals surface area contributed by atoms with E-state index in [-0.39, 0.29) is 16.7 Å². The lowest BCUT2D eigenvalue weighted by Crippen LogP contribution is -2.37. The molecule has 1 N–H and O–H groups in total. The van der Waals surface area contributed by atoms with E-state index in [1.165, 1.54) is 0 Å². The predicted octanol–water partition coefficient (Wildman–Crippen LogP) is 3.71. The van der Waals surface area contributed by atoms with Crippen LogP contribution >= 0.6 is 0 Å². The molecule has 106 valence electrons. The van der Waals surface area contributed by atoms with Gasteiger partial charge in [-0.05, 0) is 49.7 Å². The van der Waals surface area contributed by atoms with E-state index in [1.54, 1.807) is 0 Å². The van der Waals surface area contributed by atoms with Gasteiger partial charge < -0.3 is 5.32 Å². The fraction of sp³-hybridized carbons (Fsp3) is 0.529. The van der Waals surface area contributed by atoms with E-state index in [0.717, 1.165) is 30.5 Å². The number of carbonyl (C=O) groups excluding carboxylic acids is 1. The number of amides is 1. The summed E-state index contributed by atoms with van der Waals surface area (Å²) in [7, 11) is 0. The summed E-state index contributed by atoms with van der Waals surface area (Å²) in [5.74, 6) is 1.31. The van der Waals surface area contributed by atoms with E-state index in [9.17, 15) is 4.79 Å². The van der Waals surface area contributed by atoms with Gasteiger partial charge in [-0.15, -0.1) is 0 Å². The molecule has 1 heterocycles. The summed E-state index contributed by atoms with van der Waals surface area (Å²) < 4.78 is 0. The number of rotatable bonds is 2. The Labute approximate surface area is 120 Å².